The molecule has 1 aliphatic rings. The molecule has 0 aliphatic heterocycles. The summed E-state index contributed by atoms with van der Waals surface area (Å²) in [5, 5.41) is 0. The first-order valence-electron chi connectivity index (χ1n) is 5.86. The molecule has 2 heterocycles. The average molecular weight is 366 g/mol. The maximum absolute atomic E-state index is 12.3. The van der Waals surface area contributed by atoms with Crippen LogP contribution in [0.4, 0.5) is 0 Å². The van der Waals surface area contributed by atoms with Crippen LogP contribution in [0.5, 0.6) is 0 Å². The SMILES string of the molecule is O=C1/C(=C/c2ccc[se]2)CC/C1=C\c1ccc[se]1. The summed E-state index contributed by atoms with van der Waals surface area (Å²) in [5.74, 6) is 0.266. The summed E-state index contributed by atoms with van der Waals surface area (Å²) in [6, 6.07) is 8.41. The van der Waals surface area contributed by atoms with E-state index >= 15 is 0 Å². The number of hydrogen-bond acceptors (Lipinski definition) is 1. The third kappa shape index (κ3) is 2.60. The van der Waals surface area contributed by atoms with Gasteiger partial charge in [-0.2, -0.15) is 0 Å². The number of carbonyl (C=O) groups excluding carboxylic acids is 1. The maximum atomic E-state index is 12.3. The molecular formula is C15H12OSe2. The molecule has 0 spiro atoms. The molecule has 3 rings (SSSR count). The molecule has 90 valence electrons. The van der Waals surface area contributed by atoms with Gasteiger partial charge in [-0.25, -0.2) is 0 Å². The predicted molar refractivity (Wildman–Crippen MR) is 77.0 cm³/mol. The summed E-state index contributed by atoms with van der Waals surface area (Å²) in [6.07, 6.45) is 6.03. The van der Waals surface area contributed by atoms with Gasteiger partial charge in [-0.1, -0.05) is 0 Å². The van der Waals surface area contributed by atoms with Gasteiger partial charge in [0.05, 0.1) is 0 Å². The van der Waals surface area contributed by atoms with Crippen LogP contribution in [-0.2, 0) is 4.79 Å². The fraction of sp³-hybridized carbons (Fsp3) is 0.133. The second-order valence-corrected chi connectivity index (χ2v) is 8.31. The van der Waals surface area contributed by atoms with Crippen LogP contribution in [0, 0.1) is 0 Å². The Balaban J connectivity index is 1.85. The molecule has 0 bridgehead atoms. The molecule has 1 fully saturated rings. The first kappa shape index (κ1) is 12.2. The van der Waals surface area contributed by atoms with E-state index in [-0.39, 0.29) is 5.78 Å². The zero-order chi connectivity index (χ0) is 12.4. The molecule has 0 radical (unpaired) electrons. The van der Waals surface area contributed by atoms with Crippen molar-refractivity contribution in [3.8, 4) is 0 Å². The Morgan fingerprint density at radius 2 is 1.39 bits per heavy atom. The van der Waals surface area contributed by atoms with E-state index < -0.39 is 0 Å². The quantitative estimate of drug-likeness (QED) is 0.590. The first-order valence-corrected chi connectivity index (χ1v) is 9.55. The fourth-order valence-corrected chi connectivity index (χ4v) is 4.93. The minimum atomic E-state index is 0.266. The van der Waals surface area contributed by atoms with Crippen LogP contribution in [0.3, 0.4) is 0 Å². The van der Waals surface area contributed by atoms with E-state index in [0.29, 0.717) is 29.0 Å². The van der Waals surface area contributed by atoms with Gasteiger partial charge in [0.2, 0.25) is 0 Å². The van der Waals surface area contributed by atoms with Crippen molar-refractivity contribution in [3.05, 3.63) is 54.2 Å². The van der Waals surface area contributed by atoms with Gasteiger partial charge in [0.25, 0.3) is 0 Å². The number of carbonyl (C=O) groups is 1. The van der Waals surface area contributed by atoms with Crippen molar-refractivity contribution in [2.45, 2.75) is 12.8 Å². The van der Waals surface area contributed by atoms with Crippen molar-refractivity contribution >= 4 is 46.9 Å². The normalized spacial score (nSPS) is 20.1. The Hall–Kier alpha value is -0.851. The predicted octanol–water partition coefficient (Wildman–Crippen LogP) is 2.63. The average Bonchev–Trinajstić information content (AvgIpc) is 3.08. The Kier molecular flexibility index (Phi) is 3.67. The number of rotatable bonds is 2. The Bertz CT molecular complexity index is 547. The van der Waals surface area contributed by atoms with Crippen molar-refractivity contribution in [1.82, 2.24) is 0 Å². The van der Waals surface area contributed by atoms with Gasteiger partial charge in [-0.05, 0) is 0 Å². The van der Waals surface area contributed by atoms with Crippen LogP contribution in [0.2, 0.25) is 0 Å². The molecule has 2 aromatic rings. The van der Waals surface area contributed by atoms with E-state index in [0.717, 1.165) is 24.0 Å². The molecule has 1 saturated carbocycles. The van der Waals surface area contributed by atoms with Gasteiger partial charge in [-0.3, -0.25) is 0 Å². The number of hydrogen-bond donors (Lipinski definition) is 0. The third-order valence-electron chi connectivity index (χ3n) is 2.97. The monoisotopic (exact) mass is 368 g/mol. The van der Waals surface area contributed by atoms with E-state index in [1.165, 1.54) is 8.87 Å². The second-order valence-electron chi connectivity index (χ2n) is 4.20. The molecule has 0 amide bonds. The standard InChI is InChI=1S/C15H12OSe2/c16-15-11(9-13-3-1-7-17-13)5-6-12(15)10-14-4-2-8-18-14/h1-4,7-10H,5-6H2/b11-9+,12-10+. The minimum absolute atomic E-state index is 0.266. The molecule has 0 unspecified atom stereocenters. The van der Waals surface area contributed by atoms with Gasteiger partial charge >= 0.3 is 119 Å². The van der Waals surface area contributed by atoms with Crippen LogP contribution < -0.4 is 0 Å². The van der Waals surface area contributed by atoms with Crippen molar-refractivity contribution < 1.29 is 4.79 Å². The van der Waals surface area contributed by atoms with Crippen LogP contribution in [0.1, 0.15) is 21.7 Å². The fourth-order valence-electron chi connectivity index (χ4n) is 2.07. The molecule has 0 N–H and O–H groups in total. The van der Waals surface area contributed by atoms with E-state index in [1.54, 1.807) is 0 Å². The molecule has 1 aliphatic carbocycles. The zero-order valence-electron chi connectivity index (χ0n) is 9.76. The summed E-state index contributed by atoms with van der Waals surface area (Å²) in [5.41, 5.74) is 1.99. The van der Waals surface area contributed by atoms with Crippen molar-refractivity contribution in [1.29, 1.82) is 0 Å². The van der Waals surface area contributed by atoms with Crippen molar-refractivity contribution in [2.24, 2.45) is 0 Å². The Morgan fingerprint density at radius 3 is 1.78 bits per heavy atom. The van der Waals surface area contributed by atoms with Gasteiger partial charge in [-0.15, -0.1) is 0 Å². The van der Waals surface area contributed by atoms with E-state index in [9.17, 15) is 4.79 Å². The third-order valence-corrected chi connectivity index (χ3v) is 6.40. The first-order chi connectivity index (χ1) is 8.83. The number of allylic oxidation sites excluding steroid dienone is 2. The zero-order valence-corrected chi connectivity index (χ0v) is 13.2. The summed E-state index contributed by atoms with van der Waals surface area (Å²) >= 11 is 0.863. The summed E-state index contributed by atoms with van der Waals surface area (Å²) < 4.78 is 2.64. The van der Waals surface area contributed by atoms with Gasteiger partial charge in [0, 0.05) is 0 Å². The van der Waals surface area contributed by atoms with E-state index in [2.05, 4.69) is 46.3 Å². The topological polar surface area (TPSA) is 17.1 Å². The molecule has 18 heavy (non-hydrogen) atoms. The summed E-state index contributed by atoms with van der Waals surface area (Å²) in [4.78, 5) is 16.6. The van der Waals surface area contributed by atoms with E-state index in [4.69, 9.17) is 0 Å². The van der Waals surface area contributed by atoms with Crippen LogP contribution in [0.15, 0.2) is 45.3 Å². The molecule has 0 saturated heterocycles. The second kappa shape index (κ2) is 5.42. The van der Waals surface area contributed by atoms with Crippen LogP contribution >= 0.6 is 0 Å². The van der Waals surface area contributed by atoms with Crippen molar-refractivity contribution in [3.63, 3.8) is 0 Å². The Morgan fingerprint density at radius 1 is 0.889 bits per heavy atom. The molecule has 3 heteroatoms. The number of Topliss-reactive ketones (excluding diaryl/α,β-unsaturated/α-hetero) is 1. The molecule has 2 aromatic heterocycles. The Labute approximate surface area is 118 Å². The summed E-state index contributed by atoms with van der Waals surface area (Å²) in [6.45, 7) is 0. The van der Waals surface area contributed by atoms with Gasteiger partial charge < -0.3 is 0 Å². The molecular weight excluding hydrogens is 354 g/mol. The van der Waals surface area contributed by atoms with Crippen molar-refractivity contribution in [2.75, 3.05) is 0 Å². The molecule has 0 atom stereocenters. The van der Waals surface area contributed by atoms with Crippen LogP contribution in [0.25, 0.3) is 12.2 Å². The van der Waals surface area contributed by atoms with Crippen LogP contribution in [-0.4, -0.2) is 34.8 Å². The summed E-state index contributed by atoms with van der Waals surface area (Å²) in [7, 11) is 0. The number of ketones is 1. The molecule has 1 nitrogen and oxygen atoms in total. The van der Waals surface area contributed by atoms with Gasteiger partial charge in [0.1, 0.15) is 0 Å². The van der Waals surface area contributed by atoms with Gasteiger partial charge in [0.15, 0.2) is 0 Å². The molecule has 0 aromatic carbocycles. The van der Waals surface area contributed by atoms with E-state index in [1.807, 2.05) is 0 Å².